The molecule has 1 rings (SSSR count). The van der Waals surface area contributed by atoms with Gasteiger partial charge in [0, 0.05) is 24.7 Å². The third-order valence-electron chi connectivity index (χ3n) is 4.04. The number of amides is 1. The Hall–Kier alpha value is -1.92. The molecule has 6 heteroatoms. The van der Waals surface area contributed by atoms with Crippen molar-refractivity contribution in [3.05, 3.63) is 35.4 Å². The number of nitrogens with zero attached hydrogens (tertiary/aromatic N) is 1. The Morgan fingerprint density at radius 2 is 1.92 bits per heavy atom. The fraction of sp³-hybridized carbons (Fsp3) is 0.556. The van der Waals surface area contributed by atoms with E-state index in [0.29, 0.717) is 18.2 Å². The summed E-state index contributed by atoms with van der Waals surface area (Å²) in [5.41, 5.74) is 1.57. The van der Waals surface area contributed by atoms with Crippen LogP contribution in [-0.2, 0) is 11.3 Å². The third kappa shape index (κ3) is 7.10. The van der Waals surface area contributed by atoms with Gasteiger partial charge in [0.25, 0.3) is 5.91 Å². The summed E-state index contributed by atoms with van der Waals surface area (Å²) in [6.07, 6.45) is 4.36. The van der Waals surface area contributed by atoms with E-state index < -0.39 is 5.97 Å². The van der Waals surface area contributed by atoms with Crippen molar-refractivity contribution < 1.29 is 14.7 Å². The van der Waals surface area contributed by atoms with Crippen LogP contribution in [0.5, 0.6) is 0 Å². The molecule has 0 aliphatic carbocycles. The Kier molecular flexibility index (Phi) is 9.04. The summed E-state index contributed by atoms with van der Waals surface area (Å²) in [5, 5.41) is 13.0. The molecule has 0 fully saturated rings. The fourth-order valence-corrected chi connectivity index (χ4v) is 2.53. The second-order valence-corrected chi connectivity index (χ2v) is 5.97. The Balaban J connectivity index is 2.54. The van der Waals surface area contributed by atoms with Gasteiger partial charge in [-0.1, -0.05) is 38.8 Å². The van der Waals surface area contributed by atoms with E-state index in [1.54, 1.807) is 12.1 Å². The number of carbonyl (C=O) groups excluding carboxylic acids is 1. The molecule has 0 aromatic heterocycles. The van der Waals surface area contributed by atoms with E-state index in [2.05, 4.69) is 19.2 Å². The van der Waals surface area contributed by atoms with Crippen molar-refractivity contribution in [3.63, 3.8) is 0 Å². The summed E-state index contributed by atoms with van der Waals surface area (Å²) in [5.74, 6) is 5.00. The third-order valence-corrected chi connectivity index (χ3v) is 4.04. The van der Waals surface area contributed by atoms with Gasteiger partial charge in [-0.3, -0.25) is 15.4 Å². The molecule has 0 saturated carbocycles. The van der Waals surface area contributed by atoms with Crippen LogP contribution in [0.4, 0.5) is 0 Å². The van der Waals surface area contributed by atoms with Gasteiger partial charge in [-0.2, -0.15) is 0 Å². The van der Waals surface area contributed by atoms with E-state index in [4.69, 9.17) is 10.9 Å². The smallest absolute Gasteiger partial charge is 0.305 e. The van der Waals surface area contributed by atoms with Crippen LogP contribution in [0.3, 0.4) is 0 Å². The molecule has 24 heavy (non-hydrogen) atoms. The van der Waals surface area contributed by atoms with E-state index >= 15 is 0 Å². The predicted octanol–water partition coefficient (Wildman–Crippen LogP) is 2.54. The lowest BCUT2D eigenvalue weighted by Crippen LogP contribution is -2.40. The number of carboxylic acid groups (broad SMARTS) is 1. The molecular weight excluding hydrogens is 306 g/mol. The molecule has 0 heterocycles. The average Bonchev–Trinajstić information content (AvgIpc) is 2.55. The number of carboxylic acids is 1. The number of unbranched alkanes of at least 4 members (excludes halogenated alkanes) is 1. The molecule has 0 aliphatic heterocycles. The minimum absolute atomic E-state index is 0.0812. The van der Waals surface area contributed by atoms with Crippen LogP contribution in [0.2, 0.25) is 0 Å². The van der Waals surface area contributed by atoms with E-state index in [9.17, 15) is 9.59 Å². The molecule has 134 valence electrons. The Bertz CT molecular complexity index is 517. The standard InChI is InChI=1S/C18H29N3O3/c1-3-5-6-16(4-2)21(19)13-14-7-9-15(10-8-14)18(24)20-12-11-17(22)23/h7-10,16H,3-6,11-13,19H2,1-2H3,(H,20,24)(H,22,23). The highest BCUT2D eigenvalue weighted by Gasteiger charge is 2.13. The number of aliphatic carboxylic acids is 1. The number of hydrogen-bond donors (Lipinski definition) is 3. The molecule has 1 aromatic rings. The van der Waals surface area contributed by atoms with Gasteiger partial charge in [-0.05, 0) is 30.5 Å². The second-order valence-electron chi connectivity index (χ2n) is 5.97. The van der Waals surface area contributed by atoms with Crippen molar-refractivity contribution in [2.24, 2.45) is 5.84 Å². The van der Waals surface area contributed by atoms with Crippen LogP contribution in [-0.4, -0.2) is 34.6 Å². The average molecular weight is 335 g/mol. The monoisotopic (exact) mass is 335 g/mol. The predicted molar refractivity (Wildman–Crippen MR) is 94.4 cm³/mol. The summed E-state index contributed by atoms with van der Waals surface area (Å²) >= 11 is 0. The Morgan fingerprint density at radius 1 is 1.25 bits per heavy atom. The highest BCUT2D eigenvalue weighted by molar-refractivity contribution is 5.94. The first-order valence-electron chi connectivity index (χ1n) is 8.58. The van der Waals surface area contributed by atoms with E-state index in [0.717, 1.165) is 24.8 Å². The SMILES string of the molecule is CCCCC(CC)N(N)Cc1ccc(C(=O)NCCC(=O)O)cc1. The molecule has 0 spiro atoms. The molecule has 6 nitrogen and oxygen atoms in total. The van der Waals surface area contributed by atoms with Crippen molar-refractivity contribution in [1.29, 1.82) is 0 Å². The van der Waals surface area contributed by atoms with E-state index in [-0.39, 0.29) is 18.9 Å². The largest absolute Gasteiger partial charge is 0.481 e. The summed E-state index contributed by atoms with van der Waals surface area (Å²) in [6, 6.07) is 7.62. The van der Waals surface area contributed by atoms with E-state index in [1.807, 2.05) is 17.1 Å². The van der Waals surface area contributed by atoms with Crippen molar-refractivity contribution in [2.75, 3.05) is 6.54 Å². The lowest BCUT2D eigenvalue weighted by molar-refractivity contribution is -0.136. The Labute approximate surface area is 144 Å². The first-order valence-corrected chi connectivity index (χ1v) is 8.58. The van der Waals surface area contributed by atoms with Crippen molar-refractivity contribution in [2.45, 2.75) is 58.5 Å². The van der Waals surface area contributed by atoms with Crippen LogP contribution in [0, 0.1) is 0 Å². The number of benzene rings is 1. The molecule has 4 N–H and O–H groups in total. The zero-order valence-corrected chi connectivity index (χ0v) is 14.6. The lowest BCUT2D eigenvalue weighted by Gasteiger charge is -2.26. The van der Waals surface area contributed by atoms with Gasteiger partial charge in [-0.25, -0.2) is 5.01 Å². The highest BCUT2D eigenvalue weighted by Crippen LogP contribution is 2.13. The van der Waals surface area contributed by atoms with Crippen LogP contribution >= 0.6 is 0 Å². The van der Waals surface area contributed by atoms with Gasteiger partial charge in [0.1, 0.15) is 0 Å². The van der Waals surface area contributed by atoms with Gasteiger partial charge in [0.05, 0.1) is 6.42 Å². The first kappa shape index (κ1) is 20.1. The van der Waals surface area contributed by atoms with Crippen LogP contribution in [0.15, 0.2) is 24.3 Å². The Morgan fingerprint density at radius 3 is 2.46 bits per heavy atom. The van der Waals surface area contributed by atoms with Gasteiger partial charge in [0.15, 0.2) is 0 Å². The molecular formula is C18H29N3O3. The maximum atomic E-state index is 11.9. The summed E-state index contributed by atoms with van der Waals surface area (Å²) < 4.78 is 0. The molecule has 0 aliphatic rings. The van der Waals surface area contributed by atoms with Crippen molar-refractivity contribution in [3.8, 4) is 0 Å². The molecule has 1 atom stereocenters. The number of hydrogen-bond acceptors (Lipinski definition) is 4. The number of nitrogens with two attached hydrogens (primary N) is 1. The molecule has 1 unspecified atom stereocenters. The first-order chi connectivity index (χ1) is 11.5. The fourth-order valence-electron chi connectivity index (χ4n) is 2.53. The maximum Gasteiger partial charge on any atom is 0.305 e. The second kappa shape index (κ2) is 10.8. The molecule has 1 aromatic carbocycles. The molecule has 0 bridgehead atoms. The number of nitrogens with one attached hydrogen (secondary N) is 1. The number of carbonyl (C=O) groups is 2. The maximum absolute atomic E-state index is 11.9. The van der Waals surface area contributed by atoms with Crippen LogP contribution < -0.4 is 11.2 Å². The normalized spacial score (nSPS) is 12.2. The zero-order chi connectivity index (χ0) is 17.9. The summed E-state index contributed by atoms with van der Waals surface area (Å²) in [7, 11) is 0. The molecule has 0 saturated heterocycles. The minimum atomic E-state index is -0.928. The lowest BCUT2D eigenvalue weighted by atomic mass is 10.1. The van der Waals surface area contributed by atoms with Gasteiger partial charge in [0.2, 0.25) is 0 Å². The summed E-state index contributed by atoms with van der Waals surface area (Å²) in [6.45, 7) is 5.09. The molecule has 1 amide bonds. The quantitative estimate of drug-likeness (QED) is 0.427. The van der Waals surface area contributed by atoms with Gasteiger partial charge in [-0.15, -0.1) is 0 Å². The van der Waals surface area contributed by atoms with Gasteiger partial charge < -0.3 is 10.4 Å². The number of hydrazine groups is 1. The van der Waals surface area contributed by atoms with Crippen LogP contribution in [0.25, 0.3) is 0 Å². The minimum Gasteiger partial charge on any atom is -0.481 e. The summed E-state index contributed by atoms with van der Waals surface area (Å²) in [4.78, 5) is 22.3. The van der Waals surface area contributed by atoms with Gasteiger partial charge >= 0.3 is 5.97 Å². The number of rotatable bonds is 11. The topological polar surface area (TPSA) is 95.7 Å². The van der Waals surface area contributed by atoms with Crippen molar-refractivity contribution >= 4 is 11.9 Å². The van der Waals surface area contributed by atoms with E-state index in [1.165, 1.54) is 6.42 Å². The van der Waals surface area contributed by atoms with Crippen LogP contribution in [0.1, 0.15) is 61.9 Å². The van der Waals surface area contributed by atoms with Crippen molar-refractivity contribution in [1.82, 2.24) is 10.3 Å². The zero-order valence-electron chi connectivity index (χ0n) is 14.6. The highest BCUT2D eigenvalue weighted by atomic mass is 16.4. The molecule has 0 radical (unpaired) electrons.